The van der Waals surface area contributed by atoms with E-state index in [0.29, 0.717) is 16.7 Å². The molecule has 0 atom stereocenters. The molecule has 0 aromatic carbocycles. The number of halogens is 12. The molecular weight excluding hydrogens is 472 g/mol. The number of amides is 1. The standard InChI is InChI=1S/C14H9F12N2O3/c1-5(29)6-3-4-7(27(6)2)8(30)28(31)14(25,26)13(23,24)12(21,22)11(19,20)10(17,18)9(15)16/h3-4,9H,1-2H3/q+1. The maximum absolute atomic E-state index is 13.8. The lowest BCUT2D eigenvalue weighted by molar-refractivity contribution is -0.666. The highest BCUT2D eigenvalue weighted by Gasteiger charge is 2.93. The van der Waals surface area contributed by atoms with Gasteiger partial charge >= 0.3 is 42.1 Å². The van der Waals surface area contributed by atoms with Gasteiger partial charge in [0, 0.05) is 18.9 Å². The molecule has 1 aromatic heterocycles. The first-order valence-electron chi connectivity index (χ1n) is 7.46. The first kappa shape index (κ1) is 26.4. The Morgan fingerprint density at radius 1 is 0.839 bits per heavy atom. The lowest BCUT2D eigenvalue weighted by atomic mass is 9.97. The number of nitroso groups, excluding NO2 is 1. The molecule has 0 unspecified atom stereocenters. The van der Waals surface area contributed by atoms with E-state index in [-0.39, 0.29) is 0 Å². The predicted octanol–water partition coefficient (Wildman–Crippen LogP) is 4.55. The Hall–Kier alpha value is -2.62. The zero-order chi connectivity index (χ0) is 25.0. The SMILES string of the molecule is CC(=O)c1ccc(C(=O)[N+](=O)C(F)(F)C(F)(F)C(F)(F)C(F)(F)C(F)(F)C(F)F)n1C. The van der Waals surface area contributed by atoms with Gasteiger partial charge in [0.25, 0.3) is 0 Å². The van der Waals surface area contributed by atoms with Crippen molar-refractivity contribution in [3.05, 3.63) is 28.4 Å². The van der Waals surface area contributed by atoms with Crippen LogP contribution in [0.25, 0.3) is 0 Å². The molecule has 0 aliphatic carbocycles. The van der Waals surface area contributed by atoms with Crippen molar-refractivity contribution >= 4 is 11.7 Å². The topological polar surface area (TPSA) is 59.1 Å². The summed E-state index contributed by atoms with van der Waals surface area (Å²) in [6, 6.07) is -6.00. The summed E-state index contributed by atoms with van der Waals surface area (Å²) in [4.78, 5) is 34.4. The molecule has 0 fully saturated rings. The van der Waals surface area contributed by atoms with Crippen molar-refractivity contribution in [3.63, 3.8) is 0 Å². The van der Waals surface area contributed by atoms with Crippen LogP contribution in [0.5, 0.6) is 0 Å². The van der Waals surface area contributed by atoms with Crippen LogP contribution in [0.3, 0.4) is 0 Å². The molecule has 0 bridgehead atoms. The third kappa shape index (κ3) is 3.56. The van der Waals surface area contributed by atoms with Crippen LogP contribution in [0.4, 0.5) is 52.7 Å². The number of carbonyl (C=O) groups excluding carboxylic acids is 2. The summed E-state index contributed by atoms with van der Waals surface area (Å²) in [6.07, 6.45) is -5.70. The minimum atomic E-state index is -7.95. The molecule has 0 aliphatic rings. The number of alkyl halides is 12. The van der Waals surface area contributed by atoms with Crippen molar-refractivity contribution in [2.75, 3.05) is 0 Å². The quantitative estimate of drug-likeness (QED) is 0.237. The molecule has 1 amide bonds. The smallest absolute Gasteiger partial charge is 0.333 e. The second-order valence-electron chi connectivity index (χ2n) is 6.01. The van der Waals surface area contributed by atoms with E-state index in [2.05, 4.69) is 0 Å². The summed E-state index contributed by atoms with van der Waals surface area (Å²) in [6.45, 7) is 0.868. The summed E-state index contributed by atoms with van der Waals surface area (Å²) in [5.41, 5.74) is -1.76. The van der Waals surface area contributed by atoms with E-state index < -0.39 is 64.0 Å². The van der Waals surface area contributed by atoms with E-state index in [4.69, 9.17) is 0 Å². The fraction of sp³-hybridized carbons (Fsp3) is 0.571. The van der Waals surface area contributed by atoms with E-state index in [9.17, 15) is 67.2 Å². The lowest BCUT2D eigenvalue weighted by Crippen LogP contribution is -2.70. The number of hydrogen-bond donors (Lipinski definition) is 0. The van der Waals surface area contributed by atoms with E-state index in [0.717, 1.165) is 14.0 Å². The minimum absolute atomic E-state index is 0.376. The number of rotatable bonds is 8. The molecule has 0 saturated carbocycles. The first-order chi connectivity index (χ1) is 13.6. The molecule has 176 valence electrons. The summed E-state index contributed by atoms with van der Waals surface area (Å²) in [5.74, 6) is -34.4. The molecule has 1 heterocycles. The number of ketones is 1. The van der Waals surface area contributed by atoms with E-state index >= 15 is 0 Å². The van der Waals surface area contributed by atoms with E-state index in [1.54, 1.807) is 0 Å². The van der Waals surface area contributed by atoms with Gasteiger partial charge in [0.2, 0.25) is 0 Å². The number of carbonyl (C=O) groups is 2. The average molecular weight is 481 g/mol. The number of hydrogen-bond acceptors (Lipinski definition) is 3. The van der Waals surface area contributed by atoms with Crippen LogP contribution >= 0.6 is 0 Å². The summed E-state index contributed by atoms with van der Waals surface area (Å²) >= 11 is 0. The first-order valence-corrected chi connectivity index (χ1v) is 7.46. The largest absolute Gasteiger partial charge is 0.582 e. The number of nitrogens with zero attached hydrogens (tertiary/aromatic N) is 2. The Morgan fingerprint density at radius 3 is 1.61 bits per heavy atom. The van der Waals surface area contributed by atoms with Crippen LogP contribution in [0.1, 0.15) is 27.9 Å². The van der Waals surface area contributed by atoms with Gasteiger partial charge in [-0.2, -0.15) is 35.1 Å². The molecule has 0 N–H and O–H groups in total. The van der Waals surface area contributed by atoms with Crippen molar-refractivity contribution in [3.8, 4) is 0 Å². The fourth-order valence-corrected chi connectivity index (χ4v) is 2.17. The zero-order valence-electron chi connectivity index (χ0n) is 14.9. The fourth-order valence-electron chi connectivity index (χ4n) is 2.17. The second kappa shape index (κ2) is 7.51. The molecule has 31 heavy (non-hydrogen) atoms. The van der Waals surface area contributed by atoms with Crippen molar-refractivity contribution in [1.29, 1.82) is 0 Å². The highest BCUT2D eigenvalue weighted by atomic mass is 19.4. The zero-order valence-corrected chi connectivity index (χ0v) is 14.9. The van der Waals surface area contributed by atoms with Gasteiger partial charge < -0.3 is 4.57 Å². The van der Waals surface area contributed by atoms with Crippen LogP contribution in [0, 0.1) is 4.91 Å². The van der Waals surface area contributed by atoms with Gasteiger partial charge in [0.1, 0.15) is 0 Å². The molecule has 1 aromatic rings. The number of aromatic nitrogens is 1. The van der Waals surface area contributed by atoms with E-state index in [1.807, 2.05) is 0 Å². The van der Waals surface area contributed by atoms with Crippen molar-refractivity contribution < 1.29 is 67.0 Å². The molecule has 5 nitrogen and oxygen atoms in total. The highest BCUT2D eigenvalue weighted by Crippen LogP contribution is 2.58. The Labute approximate surface area is 163 Å². The second-order valence-corrected chi connectivity index (χ2v) is 6.01. The Balaban J connectivity index is 3.51. The van der Waals surface area contributed by atoms with Gasteiger partial charge in [-0.25, -0.2) is 13.6 Å². The van der Waals surface area contributed by atoms with Crippen LogP contribution in [0.2, 0.25) is 0 Å². The Bertz CT molecular complexity index is 906. The van der Waals surface area contributed by atoms with Crippen molar-refractivity contribution in [1.82, 2.24) is 4.57 Å². The van der Waals surface area contributed by atoms with Crippen molar-refractivity contribution in [2.45, 2.75) is 43.1 Å². The van der Waals surface area contributed by atoms with Gasteiger partial charge in [-0.05, 0) is 12.1 Å². The molecule has 1 rings (SSSR count). The highest BCUT2D eigenvalue weighted by molar-refractivity contribution is 5.95. The van der Waals surface area contributed by atoms with Gasteiger partial charge in [-0.15, -0.1) is 8.78 Å². The molecule has 17 heteroatoms. The predicted molar refractivity (Wildman–Crippen MR) is 74.1 cm³/mol. The molecule has 0 aliphatic heterocycles. The van der Waals surface area contributed by atoms with Crippen LogP contribution < -0.4 is 0 Å². The van der Waals surface area contributed by atoms with E-state index in [1.165, 1.54) is 0 Å². The van der Waals surface area contributed by atoms with Gasteiger partial charge in [0.15, 0.2) is 16.2 Å². The maximum atomic E-state index is 13.8. The summed E-state index contributed by atoms with van der Waals surface area (Å²) in [5, 5.41) is 0. The lowest BCUT2D eigenvalue weighted by Gasteiger charge is -2.35. The molecule has 0 radical (unpaired) electrons. The number of Topliss-reactive ketones (excluding diaryl/α,β-unsaturated/α-hetero) is 1. The average Bonchev–Trinajstić information content (AvgIpc) is 3.01. The van der Waals surface area contributed by atoms with Gasteiger partial charge in [-0.3, -0.25) is 4.79 Å². The third-order valence-electron chi connectivity index (χ3n) is 4.00. The van der Waals surface area contributed by atoms with Crippen molar-refractivity contribution in [2.24, 2.45) is 7.05 Å². The van der Waals surface area contributed by atoms with Gasteiger partial charge in [-0.1, -0.05) is 0 Å². The summed E-state index contributed by atoms with van der Waals surface area (Å²) in [7, 11) is 0.764. The maximum Gasteiger partial charge on any atom is 0.582 e. The Morgan fingerprint density at radius 2 is 1.26 bits per heavy atom. The van der Waals surface area contributed by atoms with Crippen LogP contribution in [0.15, 0.2) is 12.1 Å². The molecular formula is C14H9F12N2O3+. The normalized spacial score (nSPS) is 14.2. The molecule has 0 spiro atoms. The minimum Gasteiger partial charge on any atom is -0.333 e. The Kier molecular flexibility index (Phi) is 6.40. The van der Waals surface area contributed by atoms with Crippen LogP contribution in [-0.2, 0) is 7.05 Å². The van der Waals surface area contributed by atoms with Gasteiger partial charge in [0.05, 0.1) is 5.69 Å². The molecule has 0 saturated heterocycles. The summed E-state index contributed by atoms with van der Waals surface area (Å²) < 4.78 is 155. The van der Waals surface area contributed by atoms with Crippen LogP contribution in [-0.4, -0.2) is 57.2 Å². The monoisotopic (exact) mass is 481 g/mol. The third-order valence-corrected chi connectivity index (χ3v) is 4.00.